The Morgan fingerprint density at radius 1 is 1.09 bits per heavy atom. The molecule has 0 radical (unpaired) electrons. The Balaban J connectivity index is 1.95. The van der Waals surface area contributed by atoms with Gasteiger partial charge in [-0.1, -0.05) is 39.8 Å². The predicted octanol–water partition coefficient (Wildman–Crippen LogP) is 6.17. The van der Waals surface area contributed by atoms with Crippen LogP contribution in [-0.2, 0) is 0 Å². The molecule has 174 valence electrons. The van der Waals surface area contributed by atoms with Crippen molar-refractivity contribution < 1.29 is 9.90 Å². The second-order valence-corrected chi connectivity index (χ2v) is 11.0. The van der Waals surface area contributed by atoms with E-state index in [0.29, 0.717) is 17.5 Å². The van der Waals surface area contributed by atoms with E-state index < -0.39 is 5.97 Å². The molecule has 0 saturated carbocycles. The Kier molecular flexibility index (Phi) is 6.80. The summed E-state index contributed by atoms with van der Waals surface area (Å²) < 4.78 is 0. The summed E-state index contributed by atoms with van der Waals surface area (Å²) >= 11 is 0. The van der Waals surface area contributed by atoms with E-state index in [4.69, 9.17) is 4.99 Å². The number of carboxylic acids is 1. The molecule has 0 spiro atoms. The van der Waals surface area contributed by atoms with Gasteiger partial charge in [0.05, 0.1) is 17.0 Å². The van der Waals surface area contributed by atoms with Gasteiger partial charge < -0.3 is 5.11 Å². The van der Waals surface area contributed by atoms with E-state index in [0.717, 1.165) is 42.9 Å². The highest BCUT2D eigenvalue weighted by molar-refractivity contribution is 5.89. The van der Waals surface area contributed by atoms with Crippen molar-refractivity contribution in [2.75, 3.05) is 6.54 Å². The first-order valence-electron chi connectivity index (χ1n) is 11.7. The van der Waals surface area contributed by atoms with Crippen molar-refractivity contribution in [3.8, 4) is 0 Å². The zero-order valence-electron chi connectivity index (χ0n) is 20.8. The maximum Gasteiger partial charge on any atom is 0.335 e. The molecule has 2 atom stereocenters. The van der Waals surface area contributed by atoms with Crippen LogP contribution in [0.1, 0.15) is 89.6 Å². The van der Waals surface area contributed by atoms with Crippen LogP contribution in [0.3, 0.4) is 0 Å². The van der Waals surface area contributed by atoms with Crippen molar-refractivity contribution in [1.82, 2.24) is 4.90 Å². The number of allylic oxidation sites excluding steroid dienone is 2. The lowest BCUT2D eigenvalue weighted by molar-refractivity contribution is 0.0697. The third kappa shape index (κ3) is 4.73. The zero-order valence-corrected chi connectivity index (χ0v) is 20.8. The highest BCUT2D eigenvalue weighted by Crippen LogP contribution is 2.50. The fourth-order valence-corrected chi connectivity index (χ4v) is 5.23. The molecule has 1 N–H and O–H groups in total. The second kappa shape index (κ2) is 8.93. The van der Waals surface area contributed by atoms with E-state index in [1.165, 1.54) is 5.56 Å². The van der Waals surface area contributed by atoms with Crippen molar-refractivity contribution >= 4 is 18.4 Å². The molecule has 1 aliphatic heterocycles. The Hall–Kier alpha value is -2.27. The summed E-state index contributed by atoms with van der Waals surface area (Å²) in [6.07, 6.45) is 3.15. The van der Waals surface area contributed by atoms with Crippen molar-refractivity contribution in [3.05, 3.63) is 46.8 Å². The molecule has 5 nitrogen and oxygen atoms in total. The summed E-state index contributed by atoms with van der Waals surface area (Å²) in [4.78, 5) is 23.5. The molecule has 1 fully saturated rings. The van der Waals surface area contributed by atoms with Gasteiger partial charge in [0, 0.05) is 35.2 Å². The van der Waals surface area contributed by atoms with Gasteiger partial charge in [0.15, 0.2) is 0 Å². The predicted molar refractivity (Wildman–Crippen MR) is 133 cm³/mol. The van der Waals surface area contributed by atoms with Crippen LogP contribution in [-0.4, -0.2) is 47.0 Å². The van der Waals surface area contributed by atoms with Gasteiger partial charge in [-0.15, -0.1) is 0 Å². The molecule has 3 rings (SSSR count). The normalized spacial score (nSPS) is 25.9. The summed E-state index contributed by atoms with van der Waals surface area (Å²) in [5.74, 6) is -0.525. The number of carbonyl (C=O) groups is 1. The van der Waals surface area contributed by atoms with Crippen LogP contribution in [0.5, 0.6) is 0 Å². The third-order valence-electron chi connectivity index (χ3n) is 7.44. The number of aromatic carboxylic acids is 1. The first-order valence-corrected chi connectivity index (χ1v) is 11.7. The number of hydrogen-bond acceptors (Lipinski definition) is 4. The van der Waals surface area contributed by atoms with Gasteiger partial charge in [-0.25, -0.2) is 4.79 Å². The molecule has 1 aliphatic carbocycles. The van der Waals surface area contributed by atoms with Gasteiger partial charge in [0.25, 0.3) is 0 Å². The largest absolute Gasteiger partial charge is 0.478 e. The SMILES string of the molecule is C=NC1=C(N=C(C)C2CC(c3ccc(C(=O)O)cc3)CN2C(C)C)C(C)(C)CCC1(C)C. The van der Waals surface area contributed by atoms with E-state index in [1.54, 1.807) is 12.1 Å². The summed E-state index contributed by atoms with van der Waals surface area (Å²) in [6, 6.07) is 8.01. The smallest absolute Gasteiger partial charge is 0.335 e. The van der Waals surface area contributed by atoms with Crippen LogP contribution in [0, 0.1) is 10.8 Å². The number of benzene rings is 1. The average Bonchev–Trinajstić information content (AvgIpc) is 3.17. The number of rotatable bonds is 6. The minimum Gasteiger partial charge on any atom is -0.478 e. The summed E-state index contributed by atoms with van der Waals surface area (Å²) in [6.45, 7) is 20.5. The van der Waals surface area contributed by atoms with E-state index in [-0.39, 0.29) is 16.9 Å². The molecule has 0 bridgehead atoms. The van der Waals surface area contributed by atoms with Crippen LogP contribution >= 0.6 is 0 Å². The standard InChI is InChI=1S/C27H39N3O2/c1-17(2)30-16-21(19-9-11-20(12-10-19)25(31)32)15-22(30)18(3)29-24-23(28-8)26(4,5)13-14-27(24,6)7/h9-12,17,21-22H,8,13-16H2,1-7H3,(H,31,32). The van der Waals surface area contributed by atoms with Gasteiger partial charge in [-0.3, -0.25) is 14.9 Å². The lowest BCUT2D eigenvalue weighted by Gasteiger charge is -2.40. The molecular formula is C27H39N3O2. The minimum absolute atomic E-state index is 0.0157. The molecule has 2 aliphatic rings. The number of nitrogens with zero attached hydrogens (tertiary/aromatic N) is 3. The van der Waals surface area contributed by atoms with Crippen LogP contribution < -0.4 is 0 Å². The summed E-state index contributed by atoms with van der Waals surface area (Å²) in [7, 11) is 0. The molecular weight excluding hydrogens is 398 g/mol. The van der Waals surface area contributed by atoms with Gasteiger partial charge >= 0.3 is 5.97 Å². The van der Waals surface area contributed by atoms with Crippen LogP contribution in [0.2, 0.25) is 0 Å². The molecule has 0 aromatic heterocycles. The Morgan fingerprint density at radius 3 is 2.16 bits per heavy atom. The Labute approximate surface area is 193 Å². The highest BCUT2D eigenvalue weighted by Gasteiger charge is 2.41. The minimum atomic E-state index is -0.884. The summed E-state index contributed by atoms with van der Waals surface area (Å²) in [5, 5.41) is 9.21. The average molecular weight is 438 g/mol. The van der Waals surface area contributed by atoms with Gasteiger partial charge in [-0.05, 0) is 70.4 Å². The van der Waals surface area contributed by atoms with E-state index >= 15 is 0 Å². The fourth-order valence-electron chi connectivity index (χ4n) is 5.23. The lowest BCUT2D eigenvalue weighted by atomic mass is 9.68. The molecule has 1 saturated heterocycles. The Bertz CT molecular complexity index is 938. The van der Waals surface area contributed by atoms with Crippen LogP contribution in [0.25, 0.3) is 0 Å². The highest BCUT2D eigenvalue weighted by atomic mass is 16.4. The maximum absolute atomic E-state index is 11.2. The Morgan fingerprint density at radius 2 is 1.66 bits per heavy atom. The van der Waals surface area contributed by atoms with Crippen LogP contribution in [0.15, 0.2) is 45.6 Å². The molecule has 32 heavy (non-hydrogen) atoms. The molecule has 1 aromatic carbocycles. The van der Waals surface area contributed by atoms with Gasteiger partial charge in [0.2, 0.25) is 0 Å². The topological polar surface area (TPSA) is 65.3 Å². The van der Waals surface area contributed by atoms with Crippen molar-refractivity contribution in [2.24, 2.45) is 20.8 Å². The fraction of sp³-hybridized carbons (Fsp3) is 0.593. The first kappa shape index (κ1) is 24.4. The molecule has 5 heteroatoms. The maximum atomic E-state index is 11.2. The number of carboxylic acid groups (broad SMARTS) is 1. The summed E-state index contributed by atoms with van der Waals surface area (Å²) in [5.41, 5.74) is 4.73. The molecule has 0 amide bonds. The number of likely N-dealkylation sites (tertiary alicyclic amines) is 1. The first-order chi connectivity index (χ1) is 14.9. The van der Waals surface area contributed by atoms with Crippen LogP contribution in [0.4, 0.5) is 0 Å². The van der Waals surface area contributed by atoms with E-state index in [9.17, 15) is 9.90 Å². The molecule has 1 aromatic rings. The quantitative estimate of drug-likeness (QED) is 0.541. The second-order valence-electron chi connectivity index (χ2n) is 11.0. The van der Waals surface area contributed by atoms with Crippen molar-refractivity contribution in [2.45, 2.75) is 85.7 Å². The molecule has 1 heterocycles. The van der Waals surface area contributed by atoms with Crippen molar-refractivity contribution in [1.29, 1.82) is 0 Å². The molecule has 2 unspecified atom stereocenters. The van der Waals surface area contributed by atoms with E-state index in [1.807, 2.05) is 12.1 Å². The van der Waals surface area contributed by atoms with Gasteiger partial charge in [0.1, 0.15) is 0 Å². The van der Waals surface area contributed by atoms with E-state index in [2.05, 4.69) is 65.1 Å². The number of aliphatic imine (C=N–C) groups is 2. The van der Waals surface area contributed by atoms with Gasteiger partial charge in [-0.2, -0.15) is 0 Å². The van der Waals surface area contributed by atoms with Crippen molar-refractivity contribution in [3.63, 3.8) is 0 Å². The monoisotopic (exact) mass is 437 g/mol. The zero-order chi connectivity index (χ0) is 23.8. The lowest BCUT2D eigenvalue weighted by Crippen LogP contribution is -2.40. The third-order valence-corrected chi connectivity index (χ3v) is 7.44. The number of hydrogen-bond donors (Lipinski definition) is 1.